The largest absolute Gasteiger partial charge is 0.327 e. The Labute approximate surface area is 185 Å². The van der Waals surface area contributed by atoms with Crippen molar-refractivity contribution in [2.75, 3.05) is 0 Å². The standard InChI is InChI=1S/C25H22N4O3/c30-22-11-10-21(24(31)27-22)29-13-17-12-16(6-9-19(17)25(29)32)20-14-28(18-7-8-18)23(26-20)15-4-2-1-3-5-15/h1-6,9,12,14,18,21H,7-8,10-11,13H2,(H,27,30,31)/t21-/m1/s1. The number of fused-ring (bicyclic) bond motifs is 1. The summed E-state index contributed by atoms with van der Waals surface area (Å²) in [5.74, 6) is 0.135. The van der Waals surface area contributed by atoms with Crippen molar-refractivity contribution in [2.45, 2.75) is 44.3 Å². The number of amides is 3. The third-order valence-corrected chi connectivity index (χ3v) is 6.52. The van der Waals surface area contributed by atoms with E-state index in [1.54, 1.807) is 4.90 Å². The summed E-state index contributed by atoms with van der Waals surface area (Å²) in [5, 5.41) is 2.35. The van der Waals surface area contributed by atoms with Gasteiger partial charge in [-0.3, -0.25) is 19.7 Å². The Kier molecular flexibility index (Phi) is 4.24. The van der Waals surface area contributed by atoms with Gasteiger partial charge in [0.15, 0.2) is 0 Å². The van der Waals surface area contributed by atoms with Gasteiger partial charge in [-0.2, -0.15) is 0 Å². The maximum Gasteiger partial charge on any atom is 0.255 e. The Hall–Kier alpha value is -3.74. The van der Waals surface area contributed by atoms with Crippen molar-refractivity contribution in [1.82, 2.24) is 19.8 Å². The van der Waals surface area contributed by atoms with Gasteiger partial charge < -0.3 is 9.47 Å². The number of carbonyl (C=O) groups excluding carboxylic acids is 3. The molecule has 7 heteroatoms. The molecule has 0 bridgehead atoms. The van der Waals surface area contributed by atoms with Crippen molar-refractivity contribution in [1.29, 1.82) is 0 Å². The van der Waals surface area contributed by atoms with Gasteiger partial charge in [-0.05, 0) is 37.0 Å². The molecule has 1 aliphatic carbocycles. The lowest BCUT2D eigenvalue weighted by molar-refractivity contribution is -0.136. The molecule has 1 aromatic heterocycles. The second kappa shape index (κ2) is 7.15. The third-order valence-electron chi connectivity index (χ3n) is 6.52. The van der Waals surface area contributed by atoms with Crippen LogP contribution in [-0.4, -0.2) is 38.2 Å². The molecule has 2 fully saturated rings. The zero-order valence-corrected chi connectivity index (χ0v) is 17.5. The van der Waals surface area contributed by atoms with E-state index in [0.717, 1.165) is 41.1 Å². The summed E-state index contributed by atoms with van der Waals surface area (Å²) in [6.07, 6.45) is 5.05. The van der Waals surface area contributed by atoms with E-state index >= 15 is 0 Å². The molecule has 2 aromatic carbocycles. The molecule has 7 nitrogen and oxygen atoms in total. The fourth-order valence-corrected chi connectivity index (χ4v) is 4.70. The van der Waals surface area contributed by atoms with Crippen LogP contribution in [0.3, 0.4) is 0 Å². The van der Waals surface area contributed by atoms with Gasteiger partial charge in [0, 0.05) is 41.9 Å². The Morgan fingerprint density at radius 3 is 2.50 bits per heavy atom. The van der Waals surface area contributed by atoms with E-state index in [-0.39, 0.29) is 18.2 Å². The monoisotopic (exact) mass is 426 g/mol. The first-order valence-corrected chi connectivity index (χ1v) is 11.0. The Balaban J connectivity index is 1.32. The molecule has 160 valence electrons. The second-order valence-corrected chi connectivity index (χ2v) is 8.73. The van der Waals surface area contributed by atoms with Crippen LogP contribution in [0.5, 0.6) is 0 Å². The van der Waals surface area contributed by atoms with E-state index in [0.29, 0.717) is 24.6 Å². The summed E-state index contributed by atoms with van der Waals surface area (Å²) in [6, 6.07) is 15.8. The van der Waals surface area contributed by atoms with E-state index < -0.39 is 11.9 Å². The van der Waals surface area contributed by atoms with Crippen LogP contribution in [0.4, 0.5) is 0 Å². The topological polar surface area (TPSA) is 84.3 Å². The van der Waals surface area contributed by atoms with Gasteiger partial charge in [-0.1, -0.05) is 36.4 Å². The number of imidazole rings is 1. The number of imide groups is 1. The molecule has 0 unspecified atom stereocenters. The third kappa shape index (κ3) is 3.12. The minimum absolute atomic E-state index is 0.158. The molecular weight excluding hydrogens is 404 g/mol. The number of benzene rings is 2. The van der Waals surface area contributed by atoms with Gasteiger partial charge >= 0.3 is 0 Å². The first kappa shape index (κ1) is 19.0. The number of hydrogen-bond donors (Lipinski definition) is 1. The van der Waals surface area contributed by atoms with Crippen molar-refractivity contribution >= 4 is 17.7 Å². The highest BCUT2D eigenvalue weighted by molar-refractivity contribution is 6.05. The van der Waals surface area contributed by atoms with Gasteiger partial charge in [0.25, 0.3) is 5.91 Å². The molecule has 3 aromatic rings. The predicted octanol–water partition coefficient (Wildman–Crippen LogP) is 3.31. The molecule has 0 spiro atoms. The molecule has 1 N–H and O–H groups in total. The van der Waals surface area contributed by atoms with E-state index in [4.69, 9.17) is 4.98 Å². The van der Waals surface area contributed by atoms with Crippen LogP contribution in [0.1, 0.15) is 47.6 Å². The number of piperidine rings is 1. The number of nitrogens with zero attached hydrogens (tertiary/aromatic N) is 3. The summed E-state index contributed by atoms with van der Waals surface area (Å²) in [4.78, 5) is 43.2. The average Bonchev–Trinajstić information content (AvgIpc) is 3.47. The summed E-state index contributed by atoms with van der Waals surface area (Å²) < 4.78 is 2.26. The predicted molar refractivity (Wildman–Crippen MR) is 117 cm³/mol. The molecule has 1 saturated carbocycles. The second-order valence-electron chi connectivity index (χ2n) is 8.73. The highest BCUT2D eigenvalue weighted by atomic mass is 16.2. The average molecular weight is 426 g/mol. The Bertz CT molecular complexity index is 1260. The molecule has 1 saturated heterocycles. The van der Waals surface area contributed by atoms with Gasteiger partial charge in [0.2, 0.25) is 11.8 Å². The Morgan fingerprint density at radius 2 is 1.75 bits per heavy atom. The van der Waals surface area contributed by atoms with Crippen LogP contribution in [0.15, 0.2) is 54.7 Å². The lowest BCUT2D eigenvalue weighted by Crippen LogP contribution is -2.52. The van der Waals surface area contributed by atoms with Gasteiger partial charge in [-0.15, -0.1) is 0 Å². The fourth-order valence-electron chi connectivity index (χ4n) is 4.70. The Morgan fingerprint density at radius 1 is 0.938 bits per heavy atom. The van der Waals surface area contributed by atoms with Crippen molar-refractivity contribution < 1.29 is 14.4 Å². The van der Waals surface area contributed by atoms with Crippen LogP contribution in [-0.2, 0) is 16.1 Å². The highest BCUT2D eigenvalue weighted by Crippen LogP contribution is 2.40. The smallest absolute Gasteiger partial charge is 0.255 e. The zero-order valence-electron chi connectivity index (χ0n) is 17.5. The normalized spacial score (nSPS) is 20.4. The minimum atomic E-state index is -0.602. The van der Waals surface area contributed by atoms with Crippen LogP contribution in [0.25, 0.3) is 22.6 Å². The highest BCUT2D eigenvalue weighted by Gasteiger charge is 2.39. The lowest BCUT2D eigenvalue weighted by Gasteiger charge is -2.29. The van der Waals surface area contributed by atoms with Crippen molar-refractivity contribution in [3.63, 3.8) is 0 Å². The molecule has 0 radical (unpaired) electrons. The molecule has 6 rings (SSSR count). The SMILES string of the molecule is O=C1CC[C@@H](N2Cc3cc(-c4cn(C5CC5)c(-c5ccccc5)n4)ccc3C2=O)C(=O)N1. The molecule has 3 heterocycles. The van der Waals surface area contributed by atoms with Gasteiger partial charge in [-0.25, -0.2) is 4.98 Å². The molecule has 3 amide bonds. The summed E-state index contributed by atoms with van der Waals surface area (Å²) in [7, 11) is 0. The van der Waals surface area contributed by atoms with Gasteiger partial charge in [0.1, 0.15) is 11.9 Å². The number of nitrogens with one attached hydrogen (secondary N) is 1. The van der Waals surface area contributed by atoms with Crippen molar-refractivity contribution in [2.24, 2.45) is 0 Å². The van der Waals surface area contributed by atoms with E-state index in [2.05, 4.69) is 28.2 Å². The van der Waals surface area contributed by atoms with E-state index in [9.17, 15) is 14.4 Å². The quantitative estimate of drug-likeness (QED) is 0.649. The summed E-state index contributed by atoms with van der Waals surface area (Å²) in [5.41, 5.74) is 4.43. The molecule has 3 aliphatic rings. The lowest BCUT2D eigenvalue weighted by atomic mass is 10.0. The number of rotatable bonds is 4. The zero-order chi connectivity index (χ0) is 21.8. The fraction of sp³-hybridized carbons (Fsp3) is 0.280. The maximum atomic E-state index is 13.0. The first-order valence-electron chi connectivity index (χ1n) is 11.0. The van der Waals surface area contributed by atoms with Crippen LogP contribution >= 0.6 is 0 Å². The van der Waals surface area contributed by atoms with E-state index in [1.807, 2.05) is 36.4 Å². The van der Waals surface area contributed by atoms with Crippen LogP contribution in [0.2, 0.25) is 0 Å². The van der Waals surface area contributed by atoms with Crippen LogP contribution in [0, 0.1) is 0 Å². The number of aromatic nitrogens is 2. The molecule has 1 atom stereocenters. The first-order chi connectivity index (χ1) is 15.6. The molecule has 2 aliphatic heterocycles. The molecule has 32 heavy (non-hydrogen) atoms. The number of carbonyl (C=O) groups is 3. The van der Waals surface area contributed by atoms with Crippen molar-refractivity contribution in [3.8, 4) is 22.6 Å². The minimum Gasteiger partial charge on any atom is -0.327 e. The maximum absolute atomic E-state index is 13.0. The van der Waals surface area contributed by atoms with Crippen LogP contribution < -0.4 is 5.32 Å². The molecular formula is C25H22N4O3. The number of hydrogen-bond acceptors (Lipinski definition) is 4. The summed E-state index contributed by atoms with van der Waals surface area (Å²) in [6.45, 7) is 0.364. The van der Waals surface area contributed by atoms with Gasteiger partial charge in [0.05, 0.1) is 5.69 Å². The summed E-state index contributed by atoms with van der Waals surface area (Å²) >= 11 is 0. The van der Waals surface area contributed by atoms with E-state index in [1.165, 1.54) is 0 Å². The van der Waals surface area contributed by atoms with Crippen molar-refractivity contribution in [3.05, 3.63) is 65.9 Å².